The minimum Gasteiger partial charge on any atom is -0.507 e. The van der Waals surface area contributed by atoms with Crippen LogP contribution in [0.3, 0.4) is 0 Å². The molecule has 5 aliphatic heterocycles. The van der Waals surface area contributed by atoms with Crippen LogP contribution in [0.5, 0.6) is 17.2 Å². The molecule has 2 saturated heterocycles. The number of aliphatic hydroxyl groups excluding tert-OH is 13. The van der Waals surface area contributed by atoms with E-state index in [9.17, 15) is 74.7 Å². The third kappa shape index (κ3) is 54.0. The molecule has 0 aromatic heterocycles. The van der Waals surface area contributed by atoms with Gasteiger partial charge >= 0.3 is 12.1 Å². The van der Waals surface area contributed by atoms with Gasteiger partial charge in [0.15, 0.2) is 17.3 Å². The summed E-state index contributed by atoms with van der Waals surface area (Å²) in [5.41, 5.74) is -2.59. The number of fused-ring (bicyclic) bond motifs is 21. The number of nitrogens with zero attached hydrogens (tertiary/aromatic N) is 2. The number of carbonyl (C=O) groups excluding carboxylic acids is 6. The van der Waals surface area contributed by atoms with Crippen LogP contribution in [0.1, 0.15) is 199 Å². The fourth-order valence-corrected chi connectivity index (χ4v) is 12.7. The van der Waals surface area contributed by atoms with Gasteiger partial charge in [0.25, 0.3) is 5.91 Å². The van der Waals surface area contributed by atoms with Crippen LogP contribution >= 0.6 is 11.6 Å². The summed E-state index contributed by atoms with van der Waals surface area (Å²) in [5, 5.41) is 159. The van der Waals surface area contributed by atoms with Gasteiger partial charge in [-0.25, -0.2) is 9.79 Å². The molecule has 52 N–H and O–H groups in total. The topological polar surface area (TPSA) is 1060 Å². The number of hydrogen-bond donors (Lipinski definition) is 18. The number of nitrogens with one attached hydrogen (secondary N) is 1. The number of hydrogen-bond acceptors (Lipinski definition) is 28. The number of allylic oxidation sites excluding steroid dienone is 3. The Balaban J connectivity index is -0.0000000662. The molecule has 19 atom stereocenters. The number of Topliss-reactive ketones (excluding diaryl/α,β-unsaturated/α-hetero) is 2. The number of halogens is 1. The number of rotatable bonds is 4. The van der Waals surface area contributed by atoms with Gasteiger partial charge in [-0.2, -0.15) is 0 Å². The van der Waals surface area contributed by atoms with E-state index in [0.29, 0.717) is 24.3 Å². The third-order valence-corrected chi connectivity index (χ3v) is 19.7. The van der Waals surface area contributed by atoms with E-state index in [1.807, 2.05) is 13.8 Å². The summed E-state index contributed by atoms with van der Waals surface area (Å²) in [4.78, 5) is 84.6. The summed E-state index contributed by atoms with van der Waals surface area (Å²) in [6, 6.07) is 4.52. The number of esters is 1. The molecule has 5 heterocycles. The molecule has 49 heteroatoms. The Bertz CT molecular complexity index is 3410. The highest BCUT2D eigenvalue weighted by Crippen LogP contribution is 2.52. The van der Waals surface area contributed by atoms with Crippen LogP contribution in [0.15, 0.2) is 59.1 Å². The lowest BCUT2D eigenvalue weighted by Gasteiger charge is -2.46. The first-order chi connectivity index (χ1) is 54.8. The minimum atomic E-state index is -2.19. The van der Waals surface area contributed by atoms with Crippen LogP contribution in [0.2, 0.25) is 5.02 Å². The van der Waals surface area contributed by atoms with Crippen LogP contribution < -0.4 is 25.5 Å². The number of ether oxygens (including phenoxy) is 5. The second-order valence-electron chi connectivity index (χ2n) is 28.3. The number of aryl methyl sites for hydroxylation is 1. The number of aromatic hydroxyl groups is 2. The minimum absolute atomic E-state index is 0. The average Bonchev–Trinajstić information content (AvgIpc) is 1.62. The molecule has 8 aliphatic rings. The highest BCUT2D eigenvalue weighted by molar-refractivity contribution is 6.43. The lowest BCUT2D eigenvalue weighted by molar-refractivity contribution is -0.267. The zero-order valence-corrected chi connectivity index (χ0v) is 83.0. The summed E-state index contributed by atoms with van der Waals surface area (Å²) < 4.78 is 28.2. The smallest absolute Gasteiger partial charge is 0.411 e. The Morgan fingerprint density at radius 1 is 0.632 bits per heavy atom. The van der Waals surface area contributed by atoms with E-state index >= 15 is 0 Å². The quantitative estimate of drug-likeness (QED) is 0.0585. The zero-order valence-electron chi connectivity index (χ0n) is 82.3. The Morgan fingerprint density at radius 2 is 1.05 bits per heavy atom. The van der Waals surface area contributed by atoms with Gasteiger partial charge in [0, 0.05) is 123 Å². The van der Waals surface area contributed by atoms with Gasteiger partial charge < -0.3 is 208 Å². The largest absolute Gasteiger partial charge is 0.507 e. The fraction of sp³-hybridized carbons (Fsp3) is 0.702. The van der Waals surface area contributed by atoms with Crippen molar-refractivity contribution in [1.29, 1.82) is 0 Å². The second kappa shape index (κ2) is 93.9. The van der Waals surface area contributed by atoms with E-state index in [4.69, 9.17) is 76.1 Å². The highest BCUT2D eigenvalue weighted by Gasteiger charge is 2.68. The molecule has 133 heavy (non-hydrogen) atoms. The summed E-state index contributed by atoms with van der Waals surface area (Å²) >= 11 is 6.63. The maximum atomic E-state index is 13.8. The van der Waals surface area contributed by atoms with E-state index in [-0.39, 0.29) is 133 Å². The number of amides is 3. The van der Waals surface area contributed by atoms with E-state index in [2.05, 4.69) is 24.2 Å². The number of epoxide rings is 1. The van der Waals surface area contributed by atoms with Crippen molar-refractivity contribution in [2.45, 2.75) is 254 Å². The van der Waals surface area contributed by atoms with Gasteiger partial charge in [0.1, 0.15) is 45.4 Å². The Labute approximate surface area is 786 Å². The molecule has 2 aromatic carbocycles. The van der Waals surface area contributed by atoms with Gasteiger partial charge in [0.2, 0.25) is 11.7 Å². The molecule has 3 aliphatic carbocycles. The molecule has 48 nitrogen and oxygen atoms in total. The maximum Gasteiger partial charge on any atom is 0.411 e. The van der Waals surface area contributed by atoms with Crippen LogP contribution in [0.25, 0.3) is 5.57 Å². The van der Waals surface area contributed by atoms with Crippen molar-refractivity contribution < 1.29 is 232 Å². The van der Waals surface area contributed by atoms with Crippen molar-refractivity contribution in [2.75, 3.05) is 83.0 Å². The summed E-state index contributed by atoms with van der Waals surface area (Å²) in [6.07, 6.45) is 8.61. The number of phenols is 2. The SMILES string of the molecule is C/C1=C/C=C/[C@H](C)[C@H](O)[C@@H](C)[C@@H](O)C(C)[C@H](O)[C@H](C)[C@@H](O)C(C)CC(C)C(=O)C2=c3c(O)cc(c(O)c3C(O)C(C)C2=O)=NC1=O.C1CC1.C1CC1.CC.CCC.CO.CO.CO.CO.CO.CO.CO.CO.COc1cc2cc(c1Cl)N(C)C(=O)C[C@H](OC(=O)C(C)C)[C@@]1(C)O[C@H]1[C@H](C)[C@]1(O)C[C@@](O)(NC(=O)O1)[C@H](OC)/C=C/CC2.O.O.O.O.O.O.O.O.O.O.O.O.O.O.O.O.O. The Morgan fingerprint density at radius 3 is 1.46 bits per heavy atom. The standard InChI is InChI=1S/C35H49NO10.C30H41ClN2O10.2C3H6.C3H8.C2H6.8CH4O.17H2O/c1-14-10-9-11-15(2)35(46)36-22-13-23(37)24-25(32(43)21(8)33(44)26(24)34(22)45)29(40)17(4)12-16(3)28(39)19(6)31(42)20(7)30(41)18(5)27(14)38;1-16(2)26(35)41-22-14-23(34)33(5)19-12-18(13-20(39-6)24(19)31)10-8-9-11-21(40-7)29(37)15-30(38,43-27(36)32-29)17(3)25-28(22,4)42-25;2*1-2-3-1;1-3-2;9*1-2;;;;;;;;;;;;;;;;;/h9-11,13-14,16-21,27-28,30-31,33,37-39,41-42,44-45H,12H2,1-8H3;9,11-13,16-17,21-22,25,37-38H,8,10,14-15H2,1-7H3,(H,32,36);2*1-3H2;3H2,1-2H3;1-2H3;8*2H,1H3;17*1H2/b10-9+,15-11-,36-22?;11-9+;;;;;;;;;;;;;;;;;;;;;;;;;;;;;/t14-,16?,17?,18+,19+,20?,21?,27-,28-,30+,31+,33?;17-,21+,22-,25-,28+,29-,30-;;;;;;;;;;;;;;;;;;;;;;;;;;;;;/m00............................./s1. The molecular weight excluding hydrogens is 1810 g/mol. The second-order valence-corrected chi connectivity index (χ2v) is 28.7. The molecule has 2 saturated carbocycles. The number of anilines is 1. The van der Waals surface area contributed by atoms with E-state index in [1.165, 1.54) is 84.0 Å². The van der Waals surface area contributed by atoms with Crippen molar-refractivity contribution in [3.63, 3.8) is 0 Å². The highest BCUT2D eigenvalue weighted by atomic mass is 35.5. The van der Waals surface area contributed by atoms with Gasteiger partial charge in [-0.15, -0.1) is 0 Å². The number of carbonyl (C=O) groups is 6. The van der Waals surface area contributed by atoms with Crippen LogP contribution in [-0.2, 0) is 49.3 Å². The molecular formula is C84H182ClN3O45. The number of methoxy groups -OCH3 is 2. The van der Waals surface area contributed by atoms with Crippen LogP contribution in [0.4, 0.5) is 10.5 Å². The van der Waals surface area contributed by atoms with E-state index in [1.54, 1.807) is 113 Å². The Hall–Kier alpha value is -7.12. The van der Waals surface area contributed by atoms with Gasteiger partial charge in [0.05, 0.1) is 85.6 Å². The average molecular weight is 1990 g/mol. The normalized spacial score (nSPS) is 26.6. The lowest BCUT2D eigenvalue weighted by atomic mass is 9.74. The molecule has 0 spiro atoms. The predicted octanol–water partition coefficient (Wildman–Crippen LogP) is -7.90. The summed E-state index contributed by atoms with van der Waals surface area (Å²) in [6.45, 7) is 27.6. The number of aliphatic hydroxyl groups is 15. The van der Waals surface area contributed by atoms with Gasteiger partial charge in [-0.05, 0) is 56.7 Å². The van der Waals surface area contributed by atoms with E-state index < -0.39 is 178 Å². The zero-order chi connectivity index (χ0) is 91.8. The van der Waals surface area contributed by atoms with E-state index in [0.717, 1.165) is 68.5 Å². The fourth-order valence-electron chi connectivity index (χ4n) is 12.4. The summed E-state index contributed by atoms with van der Waals surface area (Å²) in [5.74, 6) is -12.8. The monoisotopic (exact) mass is 1990 g/mol. The van der Waals surface area contributed by atoms with Crippen molar-refractivity contribution in [1.82, 2.24) is 5.32 Å². The van der Waals surface area contributed by atoms with Crippen LogP contribution in [0, 0.1) is 53.3 Å². The summed E-state index contributed by atoms with van der Waals surface area (Å²) in [7, 11) is 12.4. The molecule has 4 fully saturated rings. The number of alkyl carbamates (subject to hydrolysis) is 1. The van der Waals surface area contributed by atoms with Crippen molar-refractivity contribution in [3.8, 4) is 17.2 Å². The molecule has 3 amide bonds. The first kappa shape index (κ1) is 182. The number of phenolic OH excluding ortho intramolecular Hbond substituents is 2. The molecule has 10 rings (SSSR count). The maximum absolute atomic E-state index is 13.8. The van der Waals surface area contributed by atoms with Crippen molar-refractivity contribution >= 4 is 58.3 Å². The first-order valence-corrected chi connectivity index (χ1v) is 39.5. The van der Waals surface area contributed by atoms with Crippen molar-refractivity contribution in [2.24, 2.45) is 58.3 Å². The third-order valence-electron chi connectivity index (χ3n) is 19.3. The van der Waals surface area contributed by atoms with Crippen LogP contribution in [-0.4, -0.2) is 353 Å². The van der Waals surface area contributed by atoms with Gasteiger partial charge in [-0.1, -0.05) is 184 Å². The first-order valence-electron chi connectivity index (χ1n) is 39.1. The lowest BCUT2D eigenvalue weighted by Crippen LogP contribution is -2.68. The molecule has 5 unspecified atom stereocenters. The van der Waals surface area contributed by atoms with Gasteiger partial charge in [-0.3, -0.25) is 29.3 Å². The Kier molecular flexibility index (Phi) is 128. The number of ketones is 2. The molecule has 810 valence electrons. The molecule has 2 aromatic rings. The molecule has 8 bridgehead atoms. The molecule has 0 radical (unpaired) electrons. The van der Waals surface area contributed by atoms with Crippen molar-refractivity contribution in [3.05, 3.63) is 80.9 Å². The number of benzene rings is 2. The predicted molar refractivity (Wildman–Crippen MR) is 507 cm³/mol.